The second-order valence-electron chi connectivity index (χ2n) is 23.0. The quantitative estimate of drug-likeness (QED) is 0.0222. The second kappa shape index (κ2) is 53.8. The predicted octanol–water partition coefficient (Wildman–Crippen LogP) is 16.5. The second-order valence-corrected chi connectivity index (χ2v) is 25.9. The van der Waals surface area contributed by atoms with Gasteiger partial charge in [0.2, 0.25) is 0 Å². The Hall–Kier alpha value is -1.94. The summed E-state index contributed by atoms with van der Waals surface area (Å²) in [5.74, 6) is -0.680. The van der Waals surface area contributed by atoms with Crippen molar-refractivity contribution >= 4 is 39.5 Å². The standard InChI is InChI=1S/C61H118O17P2/c1-7-9-11-13-15-16-19-27-33-39-45-60(65)77-56(49-71-58(63)43-37-31-23-14-12-10-8-2)51-75-79(67,68)73-47-55(62)48-74-80(69,70)76-52-57(50-72-59(64)44-38-32-26-22-21-25-30-36-42-54(5)6)78-61(66)46-40-34-28-20-17-18-24-29-35-41-53(3)4/h53-57,62H,7-52H2,1-6H3,(H,67,68)(H,69,70)/t55-,56+,57+/m0/s1. The lowest BCUT2D eigenvalue weighted by atomic mass is 10.0. The van der Waals surface area contributed by atoms with Gasteiger partial charge in [-0.2, -0.15) is 0 Å². The van der Waals surface area contributed by atoms with Gasteiger partial charge in [0.25, 0.3) is 0 Å². The molecule has 3 N–H and O–H groups in total. The maximum Gasteiger partial charge on any atom is 0.472 e. The van der Waals surface area contributed by atoms with Crippen LogP contribution in [0.4, 0.5) is 0 Å². The van der Waals surface area contributed by atoms with Gasteiger partial charge in [-0.1, -0.05) is 247 Å². The molecule has 0 aliphatic rings. The molecule has 19 heteroatoms. The smallest absolute Gasteiger partial charge is 0.462 e. The van der Waals surface area contributed by atoms with Gasteiger partial charge >= 0.3 is 39.5 Å². The molecule has 0 aromatic carbocycles. The molecule has 0 aliphatic heterocycles. The summed E-state index contributed by atoms with van der Waals surface area (Å²) in [4.78, 5) is 71.9. The van der Waals surface area contributed by atoms with Crippen LogP contribution in [0.3, 0.4) is 0 Å². The summed E-state index contributed by atoms with van der Waals surface area (Å²) >= 11 is 0. The summed E-state index contributed by atoms with van der Waals surface area (Å²) in [6.07, 6.45) is 34.9. The van der Waals surface area contributed by atoms with Crippen LogP contribution in [0.1, 0.15) is 298 Å². The zero-order valence-electron chi connectivity index (χ0n) is 51.4. The van der Waals surface area contributed by atoms with Gasteiger partial charge in [-0.15, -0.1) is 0 Å². The van der Waals surface area contributed by atoms with Crippen LogP contribution in [0.25, 0.3) is 0 Å². The van der Waals surface area contributed by atoms with Crippen LogP contribution >= 0.6 is 15.6 Å². The number of carbonyl (C=O) groups excluding carboxylic acids is 4. The molecule has 0 radical (unpaired) electrons. The lowest BCUT2D eigenvalue weighted by Gasteiger charge is -2.21. The zero-order valence-corrected chi connectivity index (χ0v) is 53.2. The first-order chi connectivity index (χ1) is 38.4. The van der Waals surface area contributed by atoms with Crippen LogP contribution in [-0.2, 0) is 65.4 Å². The third-order valence-corrected chi connectivity index (χ3v) is 15.9. The van der Waals surface area contributed by atoms with Crippen molar-refractivity contribution in [3.63, 3.8) is 0 Å². The number of unbranched alkanes of at least 4 members (excludes halogenated alkanes) is 30. The number of hydrogen-bond acceptors (Lipinski definition) is 15. The van der Waals surface area contributed by atoms with E-state index in [0.717, 1.165) is 115 Å². The van der Waals surface area contributed by atoms with Crippen LogP contribution in [0.15, 0.2) is 0 Å². The number of phosphoric ester groups is 2. The normalized spacial score (nSPS) is 14.4. The molecule has 0 rings (SSSR count). The molecule has 0 heterocycles. The van der Waals surface area contributed by atoms with Crippen molar-refractivity contribution in [1.29, 1.82) is 0 Å². The summed E-state index contributed by atoms with van der Waals surface area (Å²) in [7, 11) is -9.88. The van der Waals surface area contributed by atoms with E-state index in [0.29, 0.717) is 25.7 Å². The monoisotopic (exact) mass is 1180 g/mol. The lowest BCUT2D eigenvalue weighted by molar-refractivity contribution is -0.161. The van der Waals surface area contributed by atoms with Gasteiger partial charge in [-0.25, -0.2) is 9.13 Å². The van der Waals surface area contributed by atoms with Crippen molar-refractivity contribution in [3.05, 3.63) is 0 Å². The molecule has 0 spiro atoms. The van der Waals surface area contributed by atoms with Crippen molar-refractivity contribution < 1.29 is 80.2 Å². The molecule has 0 aromatic rings. The predicted molar refractivity (Wildman–Crippen MR) is 317 cm³/mol. The highest BCUT2D eigenvalue weighted by Crippen LogP contribution is 2.45. The van der Waals surface area contributed by atoms with Gasteiger partial charge < -0.3 is 33.8 Å². The van der Waals surface area contributed by atoms with E-state index in [1.807, 2.05) is 0 Å². The Kier molecular flexibility index (Phi) is 52.5. The van der Waals surface area contributed by atoms with Crippen molar-refractivity contribution in [1.82, 2.24) is 0 Å². The first-order valence-electron chi connectivity index (χ1n) is 32.0. The summed E-state index contributed by atoms with van der Waals surface area (Å²) in [5, 5.41) is 10.5. The van der Waals surface area contributed by atoms with E-state index >= 15 is 0 Å². The molecule has 474 valence electrons. The molecular weight excluding hydrogens is 1070 g/mol. The molecule has 0 fully saturated rings. The molecule has 0 aliphatic carbocycles. The minimum absolute atomic E-state index is 0.104. The molecule has 2 unspecified atom stereocenters. The molecule has 17 nitrogen and oxygen atoms in total. The van der Waals surface area contributed by atoms with E-state index < -0.39 is 97.5 Å². The van der Waals surface area contributed by atoms with Gasteiger partial charge in [0, 0.05) is 25.7 Å². The SMILES string of the molecule is CCCCCCCCCCCCC(=O)O[C@H](COC(=O)CCCCCCCCC)COP(=O)(O)OC[C@H](O)COP(=O)(O)OC[C@@H](COC(=O)CCCCCCCCCCC(C)C)OC(=O)CCCCCCCCCCCC(C)C. The Labute approximate surface area is 486 Å². The summed E-state index contributed by atoms with van der Waals surface area (Å²) in [6, 6.07) is 0. The largest absolute Gasteiger partial charge is 0.472 e. The summed E-state index contributed by atoms with van der Waals surface area (Å²) in [6.45, 7) is 9.36. The van der Waals surface area contributed by atoms with Gasteiger partial charge in [-0.3, -0.25) is 37.3 Å². The number of carbonyl (C=O) groups is 4. The third-order valence-electron chi connectivity index (χ3n) is 14.0. The van der Waals surface area contributed by atoms with Gasteiger partial charge in [0.05, 0.1) is 26.4 Å². The molecule has 0 bridgehead atoms. The van der Waals surface area contributed by atoms with E-state index in [1.165, 1.54) is 103 Å². The summed E-state index contributed by atoms with van der Waals surface area (Å²) in [5.41, 5.74) is 0. The highest BCUT2D eigenvalue weighted by atomic mass is 31.2. The van der Waals surface area contributed by atoms with Crippen molar-refractivity contribution in [2.75, 3.05) is 39.6 Å². The van der Waals surface area contributed by atoms with Crippen LogP contribution in [-0.4, -0.2) is 96.7 Å². The van der Waals surface area contributed by atoms with Gasteiger partial charge in [-0.05, 0) is 37.5 Å². The number of esters is 4. The van der Waals surface area contributed by atoms with Crippen molar-refractivity contribution in [2.24, 2.45) is 11.8 Å². The number of aliphatic hydroxyl groups is 1. The molecule has 5 atom stereocenters. The van der Waals surface area contributed by atoms with E-state index in [9.17, 15) is 43.2 Å². The topological polar surface area (TPSA) is 237 Å². The Morgan fingerprint density at radius 3 is 0.850 bits per heavy atom. The highest BCUT2D eigenvalue weighted by Gasteiger charge is 2.30. The molecule has 0 saturated carbocycles. The van der Waals surface area contributed by atoms with E-state index in [4.69, 9.17) is 37.0 Å². The van der Waals surface area contributed by atoms with Crippen LogP contribution in [0, 0.1) is 11.8 Å². The van der Waals surface area contributed by atoms with Crippen LogP contribution < -0.4 is 0 Å². The Morgan fingerprint density at radius 2 is 0.575 bits per heavy atom. The van der Waals surface area contributed by atoms with E-state index in [1.54, 1.807) is 0 Å². The zero-order chi connectivity index (χ0) is 59.4. The minimum Gasteiger partial charge on any atom is -0.462 e. The number of phosphoric acid groups is 2. The van der Waals surface area contributed by atoms with Crippen molar-refractivity contribution in [3.8, 4) is 0 Å². The Balaban J connectivity index is 5.22. The number of ether oxygens (including phenoxy) is 4. The number of rotatable bonds is 60. The first kappa shape index (κ1) is 78.1. The Morgan fingerprint density at radius 1 is 0.338 bits per heavy atom. The molecule has 80 heavy (non-hydrogen) atoms. The minimum atomic E-state index is -4.94. The maximum absolute atomic E-state index is 12.9. The first-order valence-corrected chi connectivity index (χ1v) is 35.0. The fourth-order valence-corrected chi connectivity index (χ4v) is 10.6. The fraction of sp³-hybridized carbons (Fsp3) is 0.934. The van der Waals surface area contributed by atoms with E-state index in [2.05, 4.69) is 41.5 Å². The van der Waals surface area contributed by atoms with Crippen LogP contribution in [0.2, 0.25) is 0 Å². The van der Waals surface area contributed by atoms with E-state index in [-0.39, 0.29) is 25.7 Å². The average molecular weight is 1190 g/mol. The highest BCUT2D eigenvalue weighted by molar-refractivity contribution is 7.47. The molecule has 0 amide bonds. The van der Waals surface area contributed by atoms with Gasteiger partial charge in [0.1, 0.15) is 19.3 Å². The molecule has 0 aromatic heterocycles. The van der Waals surface area contributed by atoms with Crippen molar-refractivity contribution in [2.45, 2.75) is 317 Å². The third kappa shape index (κ3) is 55.3. The Bertz CT molecular complexity index is 1580. The number of hydrogen-bond donors (Lipinski definition) is 3. The number of aliphatic hydroxyl groups excluding tert-OH is 1. The summed E-state index contributed by atoms with van der Waals surface area (Å²) < 4.78 is 67.8. The average Bonchev–Trinajstić information content (AvgIpc) is 3.41. The van der Waals surface area contributed by atoms with Crippen LogP contribution in [0.5, 0.6) is 0 Å². The fourth-order valence-electron chi connectivity index (χ4n) is 9.00. The lowest BCUT2D eigenvalue weighted by Crippen LogP contribution is -2.30. The molecule has 0 saturated heterocycles. The molecular formula is C61H118O17P2. The van der Waals surface area contributed by atoms with Gasteiger partial charge in [0.15, 0.2) is 12.2 Å². The maximum atomic E-state index is 12.9.